The molecule has 1 aromatic carbocycles. The van der Waals surface area contributed by atoms with E-state index in [9.17, 15) is 14.9 Å². The van der Waals surface area contributed by atoms with Crippen LogP contribution in [0.3, 0.4) is 0 Å². The summed E-state index contributed by atoms with van der Waals surface area (Å²) in [6.45, 7) is 3.83. The van der Waals surface area contributed by atoms with E-state index in [4.69, 9.17) is 0 Å². The van der Waals surface area contributed by atoms with E-state index in [-0.39, 0.29) is 22.6 Å². The van der Waals surface area contributed by atoms with Gasteiger partial charge in [-0.25, -0.2) is 0 Å². The van der Waals surface area contributed by atoms with Gasteiger partial charge < -0.3 is 10.2 Å². The second-order valence-electron chi connectivity index (χ2n) is 7.11. The van der Waals surface area contributed by atoms with Crippen LogP contribution in [0.1, 0.15) is 55.8 Å². The molecule has 1 saturated heterocycles. The van der Waals surface area contributed by atoms with Crippen molar-refractivity contribution in [1.82, 2.24) is 5.32 Å². The number of piperidine rings is 1. The van der Waals surface area contributed by atoms with Crippen LogP contribution in [0.15, 0.2) is 18.2 Å². The first kappa shape index (κ1) is 16.7. The van der Waals surface area contributed by atoms with Crippen molar-refractivity contribution in [3.8, 4) is 0 Å². The lowest BCUT2D eigenvalue weighted by atomic mass is 9.99. The number of benzene rings is 1. The summed E-state index contributed by atoms with van der Waals surface area (Å²) < 4.78 is 0. The van der Waals surface area contributed by atoms with Crippen molar-refractivity contribution in [3.05, 3.63) is 33.9 Å². The van der Waals surface area contributed by atoms with Gasteiger partial charge >= 0.3 is 0 Å². The average molecular weight is 331 g/mol. The summed E-state index contributed by atoms with van der Waals surface area (Å²) in [6.07, 6.45) is 6.47. The minimum Gasteiger partial charge on any atom is -0.366 e. The molecule has 6 nitrogen and oxygen atoms in total. The van der Waals surface area contributed by atoms with Crippen LogP contribution in [0.5, 0.6) is 0 Å². The Hall–Kier alpha value is -2.11. The maximum absolute atomic E-state index is 12.4. The van der Waals surface area contributed by atoms with Gasteiger partial charge in [-0.1, -0.05) is 19.8 Å². The van der Waals surface area contributed by atoms with Crippen LogP contribution in [0.4, 0.5) is 11.4 Å². The average Bonchev–Trinajstić information content (AvgIpc) is 3.07. The second kappa shape index (κ2) is 7.20. The third kappa shape index (κ3) is 3.68. The zero-order chi connectivity index (χ0) is 17.1. The minimum atomic E-state index is -0.374. The summed E-state index contributed by atoms with van der Waals surface area (Å²) in [5, 5.41) is 14.5. The zero-order valence-electron chi connectivity index (χ0n) is 14.2. The quantitative estimate of drug-likeness (QED) is 0.677. The van der Waals surface area contributed by atoms with E-state index in [0.29, 0.717) is 17.2 Å². The molecule has 0 spiro atoms. The highest BCUT2D eigenvalue weighted by molar-refractivity contribution is 5.96. The molecular weight excluding hydrogens is 306 g/mol. The van der Waals surface area contributed by atoms with Gasteiger partial charge in [0.2, 0.25) is 0 Å². The van der Waals surface area contributed by atoms with Gasteiger partial charge in [0.05, 0.1) is 4.92 Å². The van der Waals surface area contributed by atoms with Gasteiger partial charge in [-0.2, -0.15) is 0 Å². The molecule has 24 heavy (non-hydrogen) atoms. The summed E-state index contributed by atoms with van der Waals surface area (Å²) in [6, 6.07) is 5.09. The fourth-order valence-electron chi connectivity index (χ4n) is 3.83. The van der Waals surface area contributed by atoms with E-state index in [1.54, 1.807) is 12.1 Å². The molecule has 1 saturated carbocycles. The molecule has 0 bridgehead atoms. The third-order valence-electron chi connectivity index (χ3n) is 5.12. The summed E-state index contributed by atoms with van der Waals surface area (Å²) in [5.41, 5.74) is 1.04. The van der Waals surface area contributed by atoms with Crippen molar-refractivity contribution < 1.29 is 9.72 Å². The van der Waals surface area contributed by atoms with E-state index < -0.39 is 0 Å². The van der Waals surface area contributed by atoms with E-state index in [1.165, 1.54) is 6.07 Å². The Morgan fingerprint density at radius 3 is 2.67 bits per heavy atom. The summed E-state index contributed by atoms with van der Waals surface area (Å²) in [7, 11) is 0. The molecular formula is C18H25N3O3. The Labute approximate surface area is 142 Å². The van der Waals surface area contributed by atoms with Crippen LogP contribution in [-0.2, 0) is 0 Å². The number of carbonyl (C=O) groups is 1. The fraction of sp³-hybridized carbons (Fsp3) is 0.611. The molecule has 1 aliphatic heterocycles. The second-order valence-corrected chi connectivity index (χ2v) is 7.11. The molecule has 3 rings (SSSR count). The van der Waals surface area contributed by atoms with Gasteiger partial charge in [-0.3, -0.25) is 14.9 Å². The zero-order valence-corrected chi connectivity index (χ0v) is 14.2. The molecule has 0 radical (unpaired) electrons. The van der Waals surface area contributed by atoms with Gasteiger partial charge in [0.25, 0.3) is 11.6 Å². The first-order valence-corrected chi connectivity index (χ1v) is 8.89. The number of anilines is 1. The van der Waals surface area contributed by atoms with Crippen LogP contribution in [0.2, 0.25) is 0 Å². The van der Waals surface area contributed by atoms with Crippen molar-refractivity contribution in [2.24, 2.45) is 5.92 Å². The predicted molar refractivity (Wildman–Crippen MR) is 93.4 cm³/mol. The highest BCUT2D eigenvalue weighted by atomic mass is 16.6. The van der Waals surface area contributed by atoms with Crippen molar-refractivity contribution >= 4 is 17.3 Å². The van der Waals surface area contributed by atoms with Crippen LogP contribution in [-0.4, -0.2) is 30.0 Å². The Bertz CT molecular complexity index is 626. The lowest BCUT2D eigenvalue weighted by Crippen LogP contribution is -2.35. The first-order chi connectivity index (χ1) is 11.5. The molecule has 1 amide bonds. The molecule has 1 aromatic rings. The number of nitro groups is 1. The van der Waals surface area contributed by atoms with Gasteiger partial charge in [0.1, 0.15) is 5.69 Å². The predicted octanol–water partition coefficient (Wildman–Crippen LogP) is 3.50. The molecule has 2 fully saturated rings. The van der Waals surface area contributed by atoms with Gasteiger partial charge in [0.15, 0.2) is 0 Å². The van der Waals surface area contributed by atoms with Crippen molar-refractivity contribution in [1.29, 1.82) is 0 Å². The van der Waals surface area contributed by atoms with E-state index in [0.717, 1.165) is 51.6 Å². The lowest BCUT2D eigenvalue weighted by Gasteiger charge is -2.32. The first-order valence-electron chi connectivity index (χ1n) is 8.89. The Kier molecular flexibility index (Phi) is 5.02. The molecule has 6 heteroatoms. The monoisotopic (exact) mass is 331 g/mol. The number of hydrogen-bond acceptors (Lipinski definition) is 4. The number of carbonyl (C=O) groups excluding carboxylic acids is 1. The Balaban J connectivity index is 1.81. The normalized spacial score (nSPS) is 21.7. The lowest BCUT2D eigenvalue weighted by molar-refractivity contribution is -0.384. The molecule has 1 N–H and O–H groups in total. The maximum atomic E-state index is 12.4. The standard InChI is InChI=1S/C18H25N3O3/c1-13-5-4-10-20(12-13)16-9-8-14(11-17(16)21(23)24)18(22)19-15-6-2-3-7-15/h8-9,11,13,15H,2-7,10,12H2,1H3,(H,19,22)/t13-/m0/s1. The molecule has 1 aliphatic carbocycles. The fourth-order valence-corrected chi connectivity index (χ4v) is 3.83. The van der Waals surface area contributed by atoms with Crippen LogP contribution >= 0.6 is 0 Å². The van der Waals surface area contributed by atoms with E-state index >= 15 is 0 Å². The van der Waals surface area contributed by atoms with Gasteiger partial charge in [0, 0.05) is 30.8 Å². The smallest absolute Gasteiger partial charge is 0.293 e. The summed E-state index contributed by atoms with van der Waals surface area (Å²) >= 11 is 0. The number of nitro benzene ring substituents is 1. The topological polar surface area (TPSA) is 75.5 Å². The number of nitrogens with one attached hydrogen (secondary N) is 1. The highest BCUT2D eigenvalue weighted by Crippen LogP contribution is 2.32. The molecule has 2 aliphatic rings. The molecule has 0 aromatic heterocycles. The number of rotatable bonds is 4. The third-order valence-corrected chi connectivity index (χ3v) is 5.12. The summed E-state index contributed by atoms with van der Waals surface area (Å²) in [4.78, 5) is 25.6. The largest absolute Gasteiger partial charge is 0.366 e. The number of nitrogens with zero attached hydrogens (tertiary/aromatic N) is 2. The van der Waals surface area contributed by atoms with E-state index in [2.05, 4.69) is 17.1 Å². The SMILES string of the molecule is C[C@H]1CCCN(c2ccc(C(=O)NC3CCCC3)cc2[N+](=O)[O-])C1. The molecule has 0 unspecified atom stereocenters. The molecule has 130 valence electrons. The summed E-state index contributed by atoms with van der Waals surface area (Å²) in [5.74, 6) is 0.326. The highest BCUT2D eigenvalue weighted by Gasteiger charge is 2.26. The van der Waals surface area contributed by atoms with E-state index in [1.807, 2.05) is 0 Å². The van der Waals surface area contributed by atoms with Crippen LogP contribution in [0, 0.1) is 16.0 Å². The number of amides is 1. The van der Waals surface area contributed by atoms with Gasteiger partial charge in [-0.05, 0) is 43.7 Å². The van der Waals surface area contributed by atoms with Crippen molar-refractivity contribution in [3.63, 3.8) is 0 Å². The van der Waals surface area contributed by atoms with Crippen molar-refractivity contribution in [2.75, 3.05) is 18.0 Å². The van der Waals surface area contributed by atoms with Crippen molar-refractivity contribution in [2.45, 2.75) is 51.5 Å². The van der Waals surface area contributed by atoms with Crippen LogP contribution < -0.4 is 10.2 Å². The maximum Gasteiger partial charge on any atom is 0.293 e. The van der Waals surface area contributed by atoms with Crippen LogP contribution in [0.25, 0.3) is 0 Å². The number of hydrogen-bond donors (Lipinski definition) is 1. The Morgan fingerprint density at radius 1 is 1.25 bits per heavy atom. The van der Waals surface area contributed by atoms with Gasteiger partial charge in [-0.15, -0.1) is 0 Å². The Morgan fingerprint density at radius 2 is 2.00 bits per heavy atom. The minimum absolute atomic E-state index is 0.0307. The molecule has 1 atom stereocenters. The molecule has 1 heterocycles.